The number of para-hydroxylation sites is 1. The van der Waals surface area contributed by atoms with Crippen LogP contribution < -0.4 is 5.32 Å². The molecule has 0 unspecified atom stereocenters. The summed E-state index contributed by atoms with van der Waals surface area (Å²) in [5.74, 6) is -1.46. The van der Waals surface area contributed by atoms with Gasteiger partial charge in [0.1, 0.15) is 5.01 Å². The Hall–Kier alpha value is -3.04. The molecule has 0 spiro atoms. The van der Waals surface area contributed by atoms with Crippen LogP contribution in [0.15, 0.2) is 42.5 Å². The SMILES string of the molecule is Cc1ccc(C)c(NC(=O)CCC(=O)[C@@H](C#N)c2nc3ccccc3s2)c1. The van der Waals surface area contributed by atoms with Crippen LogP contribution >= 0.6 is 11.3 Å². The van der Waals surface area contributed by atoms with Crippen LogP contribution in [0, 0.1) is 25.2 Å². The summed E-state index contributed by atoms with van der Waals surface area (Å²) in [5.41, 5.74) is 3.53. The normalized spacial score (nSPS) is 11.7. The Labute approximate surface area is 161 Å². The molecule has 136 valence electrons. The van der Waals surface area contributed by atoms with Gasteiger partial charge < -0.3 is 5.32 Å². The molecule has 6 heteroatoms. The maximum Gasteiger partial charge on any atom is 0.224 e. The number of nitriles is 1. The minimum Gasteiger partial charge on any atom is -0.326 e. The monoisotopic (exact) mass is 377 g/mol. The van der Waals surface area contributed by atoms with Gasteiger partial charge in [0.25, 0.3) is 0 Å². The largest absolute Gasteiger partial charge is 0.326 e. The van der Waals surface area contributed by atoms with E-state index in [9.17, 15) is 14.9 Å². The number of Topliss-reactive ketones (excluding diaryl/α,β-unsaturated/α-hetero) is 1. The third-order valence-corrected chi connectivity index (χ3v) is 5.38. The number of benzene rings is 2. The van der Waals surface area contributed by atoms with Crippen LogP contribution in [-0.4, -0.2) is 16.7 Å². The molecule has 1 N–H and O–H groups in total. The zero-order valence-corrected chi connectivity index (χ0v) is 16.0. The number of hydrogen-bond donors (Lipinski definition) is 1. The lowest BCUT2D eigenvalue weighted by Crippen LogP contribution is -2.17. The number of carbonyl (C=O) groups excluding carboxylic acids is 2. The number of nitrogens with zero attached hydrogens (tertiary/aromatic N) is 2. The Bertz CT molecular complexity index is 1020. The first-order valence-electron chi connectivity index (χ1n) is 8.63. The topological polar surface area (TPSA) is 82.9 Å². The maximum absolute atomic E-state index is 12.5. The van der Waals surface area contributed by atoms with Crippen molar-refractivity contribution in [3.63, 3.8) is 0 Å². The Kier molecular flexibility index (Phi) is 5.63. The van der Waals surface area contributed by atoms with Gasteiger partial charge in [0.05, 0.1) is 16.3 Å². The van der Waals surface area contributed by atoms with Gasteiger partial charge in [-0.25, -0.2) is 4.98 Å². The molecule has 3 aromatic rings. The van der Waals surface area contributed by atoms with E-state index >= 15 is 0 Å². The average Bonchev–Trinajstić information content (AvgIpc) is 3.07. The number of hydrogen-bond acceptors (Lipinski definition) is 5. The average molecular weight is 377 g/mol. The van der Waals surface area contributed by atoms with E-state index in [0.717, 1.165) is 27.0 Å². The lowest BCUT2D eigenvalue weighted by molar-refractivity contribution is -0.123. The van der Waals surface area contributed by atoms with Gasteiger partial charge in [0.15, 0.2) is 11.7 Å². The predicted octanol–water partition coefficient (Wildman–Crippen LogP) is 4.51. The molecule has 27 heavy (non-hydrogen) atoms. The molecule has 1 aromatic heterocycles. The molecule has 3 rings (SSSR count). The fourth-order valence-electron chi connectivity index (χ4n) is 2.74. The van der Waals surface area contributed by atoms with Gasteiger partial charge in [-0.3, -0.25) is 9.59 Å². The summed E-state index contributed by atoms with van der Waals surface area (Å²) in [7, 11) is 0. The van der Waals surface area contributed by atoms with Gasteiger partial charge in [0, 0.05) is 18.5 Å². The first-order valence-corrected chi connectivity index (χ1v) is 9.44. The van der Waals surface area contributed by atoms with E-state index in [2.05, 4.69) is 10.3 Å². The maximum atomic E-state index is 12.5. The zero-order chi connectivity index (χ0) is 19.4. The fraction of sp³-hybridized carbons (Fsp3) is 0.238. The third kappa shape index (κ3) is 4.39. The molecule has 0 aliphatic rings. The van der Waals surface area contributed by atoms with E-state index in [1.54, 1.807) is 0 Å². The van der Waals surface area contributed by atoms with E-state index in [-0.39, 0.29) is 24.5 Å². The van der Waals surface area contributed by atoms with Crippen molar-refractivity contribution in [1.29, 1.82) is 5.26 Å². The molecule has 1 atom stereocenters. The van der Waals surface area contributed by atoms with Crippen LogP contribution in [0.5, 0.6) is 0 Å². The predicted molar refractivity (Wildman–Crippen MR) is 107 cm³/mol. The molecule has 0 saturated heterocycles. The number of amides is 1. The smallest absolute Gasteiger partial charge is 0.224 e. The summed E-state index contributed by atoms with van der Waals surface area (Å²) < 4.78 is 0.938. The molecule has 0 bridgehead atoms. The van der Waals surface area contributed by atoms with Crippen LogP contribution in [0.2, 0.25) is 0 Å². The van der Waals surface area contributed by atoms with Gasteiger partial charge in [0.2, 0.25) is 5.91 Å². The van der Waals surface area contributed by atoms with Gasteiger partial charge in [-0.2, -0.15) is 5.26 Å². The molecular weight excluding hydrogens is 358 g/mol. The van der Waals surface area contributed by atoms with E-state index < -0.39 is 5.92 Å². The molecule has 5 nitrogen and oxygen atoms in total. The highest BCUT2D eigenvalue weighted by Crippen LogP contribution is 2.28. The number of rotatable bonds is 6. The lowest BCUT2D eigenvalue weighted by Gasteiger charge is -2.10. The van der Waals surface area contributed by atoms with Crippen molar-refractivity contribution in [3.05, 3.63) is 58.6 Å². The quantitative estimate of drug-likeness (QED) is 0.685. The Morgan fingerprint density at radius 1 is 1.19 bits per heavy atom. The number of ketones is 1. The second-order valence-electron chi connectivity index (χ2n) is 6.41. The van der Waals surface area contributed by atoms with Crippen molar-refractivity contribution in [2.24, 2.45) is 0 Å². The van der Waals surface area contributed by atoms with Crippen LogP contribution in [0.4, 0.5) is 5.69 Å². The van der Waals surface area contributed by atoms with Gasteiger partial charge in [-0.15, -0.1) is 11.3 Å². The second-order valence-corrected chi connectivity index (χ2v) is 7.48. The van der Waals surface area contributed by atoms with Crippen LogP contribution in [0.1, 0.15) is 34.9 Å². The molecule has 1 amide bonds. The highest BCUT2D eigenvalue weighted by molar-refractivity contribution is 7.18. The molecular formula is C21H19N3O2S. The van der Waals surface area contributed by atoms with Crippen molar-refractivity contribution in [2.45, 2.75) is 32.6 Å². The number of thiazole rings is 1. The summed E-state index contributed by atoms with van der Waals surface area (Å²) in [6.07, 6.45) is 0.0418. The molecule has 1 heterocycles. The minimum absolute atomic E-state index is 0.00481. The molecule has 0 radical (unpaired) electrons. The number of aromatic nitrogens is 1. The Morgan fingerprint density at radius 2 is 1.96 bits per heavy atom. The van der Waals surface area contributed by atoms with E-state index in [1.807, 2.05) is 62.4 Å². The number of fused-ring (bicyclic) bond motifs is 1. The van der Waals surface area contributed by atoms with Gasteiger partial charge in [-0.1, -0.05) is 24.3 Å². The van der Waals surface area contributed by atoms with Crippen molar-refractivity contribution >= 4 is 38.9 Å². The van der Waals surface area contributed by atoms with E-state index in [4.69, 9.17) is 0 Å². The first-order chi connectivity index (χ1) is 13.0. The Balaban J connectivity index is 1.64. The van der Waals surface area contributed by atoms with Crippen molar-refractivity contribution in [2.75, 3.05) is 5.32 Å². The highest BCUT2D eigenvalue weighted by atomic mass is 32.1. The minimum atomic E-state index is -0.934. The van der Waals surface area contributed by atoms with Crippen LogP contribution in [0.25, 0.3) is 10.2 Å². The molecule has 2 aromatic carbocycles. The van der Waals surface area contributed by atoms with E-state index in [0.29, 0.717) is 5.01 Å². The van der Waals surface area contributed by atoms with Gasteiger partial charge in [-0.05, 0) is 43.2 Å². The first kappa shape index (κ1) is 18.7. The standard InChI is InChI=1S/C21H19N3O2S/c1-13-7-8-14(2)17(11-13)23-20(26)10-9-18(25)15(12-22)21-24-16-5-3-4-6-19(16)27-21/h3-8,11,15H,9-10H2,1-2H3,(H,23,26)/t15-/m1/s1. The van der Waals surface area contributed by atoms with Gasteiger partial charge >= 0.3 is 0 Å². The summed E-state index contributed by atoms with van der Waals surface area (Å²) in [5, 5.41) is 12.8. The summed E-state index contributed by atoms with van der Waals surface area (Å²) in [4.78, 5) is 29.1. The van der Waals surface area contributed by atoms with Crippen LogP contribution in [0.3, 0.4) is 0 Å². The van der Waals surface area contributed by atoms with Crippen LogP contribution in [-0.2, 0) is 9.59 Å². The zero-order valence-electron chi connectivity index (χ0n) is 15.2. The molecule has 0 saturated carbocycles. The third-order valence-electron chi connectivity index (χ3n) is 4.27. The summed E-state index contributed by atoms with van der Waals surface area (Å²) >= 11 is 1.34. The molecule has 0 aliphatic carbocycles. The second kappa shape index (κ2) is 8.11. The lowest BCUT2D eigenvalue weighted by atomic mass is 10.0. The number of anilines is 1. The van der Waals surface area contributed by atoms with E-state index in [1.165, 1.54) is 11.3 Å². The Morgan fingerprint density at radius 3 is 2.70 bits per heavy atom. The summed E-state index contributed by atoms with van der Waals surface area (Å²) in [6, 6.07) is 15.4. The number of aryl methyl sites for hydroxylation is 2. The molecule has 0 aliphatic heterocycles. The highest BCUT2D eigenvalue weighted by Gasteiger charge is 2.24. The number of carbonyl (C=O) groups is 2. The summed E-state index contributed by atoms with van der Waals surface area (Å²) in [6.45, 7) is 3.87. The van der Waals surface area contributed by atoms with Crippen molar-refractivity contribution in [1.82, 2.24) is 4.98 Å². The van der Waals surface area contributed by atoms with Crippen molar-refractivity contribution < 1.29 is 9.59 Å². The molecule has 0 fully saturated rings. The fourth-order valence-corrected chi connectivity index (χ4v) is 3.78. The number of nitrogens with one attached hydrogen (secondary N) is 1. The van der Waals surface area contributed by atoms with Crippen molar-refractivity contribution in [3.8, 4) is 6.07 Å².